The molecule has 0 radical (unpaired) electrons. The molecule has 0 aromatic heterocycles. The minimum atomic E-state index is -0.706. The Morgan fingerprint density at radius 2 is 1.60 bits per heavy atom. The molecule has 1 N–H and O–H groups in total. The Hall–Kier alpha value is -3.02. The molecule has 1 fully saturated rings. The number of amides is 2. The third-order valence-corrected chi connectivity index (χ3v) is 8.15. The van der Waals surface area contributed by atoms with Crippen LogP contribution in [0.3, 0.4) is 0 Å². The van der Waals surface area contributed by atoms with Crippen LogP contribution >= 0.6 is 23.2 Å². The van der Waals surface area contributed by atoms with Gasteiger partial charge in [0, 0.05) is 41.0 Å². The summed E-state index contributed by atoms with van der Waals surface area (Å²) >= 11 is 13.1. The first kappa shape index (κ1) is 30.0. The Morgan fingerprint density at radius 3 is 2.27 bits per heavy atom. The Balaban J connectivity index is 1.55. The zero-order valence-corrected chi connectivity index (χ0v) is 24.6. The molecule has 7 heteroatoms. The number of carbonyl (C=O) groups excluding carboxylic acids is 2. The second-order valence-corrected chi connectivity index (χ2v) is 11.4. The van der Waals surface area contributed by atoms with Crippen LogP contribution in [0.1, 0.15) is 61.6 Å². The fourth-order valence-electron chi connectivity index (χ4n) is 5.14. The van der Waals surface area contributed by atoms with Gasteiger partial charge in [0.2, 0.25) is 11.8 Å². The standard InChI is InChI=1S/C33H38Cl2N2O3/c1-24-17-19-27(20-18-24)40-21-9-16-32(38)37(23-28-29(34)14-8-15-30(28)35)31(22-25-10-4-2-5-11-25)33(39)36-26-12-6-3-7-13-26/h2,4-5,8,10-11,14-15,17-20,26,31H,3,6-7,9,12-13,16,21-23H2,1H3,(H,36,39). The summed E-state index contributed by atoms with van der Waals surface area (Å²) in [6, 6.07) is 22.4. The highest BCUT2D eigenvalue weighted by Crippen LogP contribution is 2.28. The number of rotatable bonds is 12. The molecule has 1 saturated carbocycles. The number of ether oxygens (including phenoxy) is 1. The third kappa shape index (κ3) is 8.74. The molecular weight excluding hydrogens is 543 g/mol. The van der Waals surface area contributed by atoms with Crippen LogP contribution in [0.15, 0.2) is 72.8 Å². The number of hydrogen-bond acceptors (Lipinski definition) is 3. The molecule has 0 spiro atoms. The highest BCUT2D eigenvalue weighted by Gasteiger charge is 2.32. The van der Waals surface area contributed by atoms with Crippen LogP contribution in [0.5, 0.6) is 5.75 Å². The van der Waals surface area contributed by atoms with Crippen molar-refractivity contribution in [3.05, 3.63) is 99.5 Å². The van der Waals surface area contributed by atoms with Crippen molar-refractivity contribution >= 4 is 35.0 Å². The minimum Gasteiger partial charge on any atom is -0.494 e. The molecule has 1 atom stereocenters. The largest absolute Gasteiger partial charge is 0.494 e. The van der Waals surface area contributed by atoms with Crippen LogP contribution in [0.2, 0.25) is 10.0 Å². The van der Waals surface area contributed by atoms with Crippen molar-refractivity contribution < 1.29 is 14.3 Å². The van der Waals surface area contributed by atoms with Crippen molar-refractivity contribution in [2.24, 2.45) is 0 Å². The topological polar surface area (TPSA) is 58.6 Å². The van der Waals surface area contributed by atoms with Gasteiger partial charge in [0.15, 0.2) is 0 Å². The molecule has 2 amide bonds. The predicted octanol–water partition coefficient (Wildman–Crippen LogP) is 7.55. The predicted molar refractivity (Wildman–Crippen MR) is 162 cm³/mol. The smallest absolute Gasteiger partial charge is 0.243 e. The van der Waals surface area contributed by atoms with Gasteiger partial charge in [-0.15, -0.1) is 0 Å². The lowest BCUT2D eigenvalue weighted by Crippen LogP contribution is -2.52. The van der Waals surface area contributed by atoms with E-state index in [1.165, 1.54) is 6.42 Å². The lowest BCUT2D eigenvalue weighted by Gasteiger charge is -2.34. The number of benzene rings is 3. The molecule has 0 bridgehead atoms. The second-order valence-electron chi connectivity index (χ2n) is 10.5. The van der Waals surface area contributed by atoms with Gasteiger partial charge in [0.05, 0.1) is 6.61 Å². The molecule has 1 unspecified atom stereocenters. The van der Waals surface area contributed by atoms with Gasteiger partial charge in [0.1, 0.15) is 11.8 Å². The van der Waals surface area contributed by atoms with E-state index in [0.29, 0.717) is 35.1 Å². The Labute approximate surface area is 247 Å². The van der Waals surface area contributed by atoms with Crippen molar-refractivity contribution in [1.29, 1.82) is 0 Å². The summed E-state index contributed by atoms with van der Waals surface area (Å²) in [6.07, 6.45) is 6.47. The normalized spacial score (nSPS) is 14.4. The van der Waals surface area contributed by atoms with Crippen molar-refractivity contribution in [3.63, 3.8) is 0 Å². The van der Waals surface area contributed by atoms with E-state index in [0.717, 1.165) is 42.6 Å². The zero-order valence-electron chi connectivity index (χ0n) is 23.1. The quantitative estimate of drug-likeness (QED) is 0.225. The average Bonchev–Trinajstić information content (AvgIpc) is 2.96. The monoisotopic (exact) mass is 580 g/mol. The summed E-state index contributed by atoms with van der Waals surface area (Å²) in [6.45, 7) is 2.57. The first-order chi connectivity index (χ1) is 19.4. The number of halogens is 2. The van der Waals surface area contributed by atoms with E-state index < -0.39 is 6.04 Å². The molecule has 212 valence electrons. The second kappa shape index (κ2) is 15.1. The van der Waals surface area contributed by atoms with Crippen LogP contribution in [0.25, 0.3) is 0 Å². The molecule has 0 heterocycles. The summed E-state index contributed by atoms with van der Waals surface area (Å²) in [5, 5.41) is 4.20. The third-order valence-electron chi connectivity index (χ3n) is 7.44. The molecule has 3 aromatic carbocycles. The van der Waals surface area contributed by atoms with Gasteiger partial charge < -0.3 is 15.0 Å². The van der Waals surface area contributed by atoms with E-state index >= 15 is 0 Å². The summed E-state index contributed by atoms with van der Waals surface area (Å²) in [7, 11) is 0. The van der Waals surface area contributed by atoms with Gasteiger partial charge in [-0.05, 0) is 56.0 Å². The molecule has 0 aliphatic heterocycles. The van der Waals surface area contributed by atoms with Gasteiger partial charge in [-0.2, -0.15) is 0 Å². The fraction of sp³-hybridized carbons (Fsp3) is 0.394. The highest BCUT2D eigenvalue weighted by molar-refractivity contribution is 6.36. The Morgan fingerprint density at radius 1 is 0.925 bits per heavy atom. The van der Waals surface area contributed by atoms with Gasteiger partial charge in [-0.1, -0.05) is 96.6 Å². The van der Waals surface area contributed by atoms with Gasteiger partial charge in [-0.25, -0.2) is 0 Å². The molecule has 4 rings (SSSR count). The molecule has 1 aliphatic rings. The molecule has 40 heavy (non-hydrogen) atoms. The van der Waals surface area contributed by atoms with E-state index in [-0.39, 0.29) is 30.8 Å². The summed E-state index contributed by atoms with van der Waals surface area (Å²) in [5.74, 6) is 0.498. The lowest BCUT2D eigenvalue weighted by atomic mass is 9.94. The minimum absolute atomic E-state index is 0.128. The molecule has 5 nitrogen and oxygen atoms in total. The maximum Gasteiger partial charge on any atom is 0.243 e. The van der Waals surface area contributed by atoms with Crippen molar-refractivity contribution in [2.45, 2.75) is 76.9 Å². The summed E-state index contributed by atoms with van der Waals surface area (Å²) in [4.78, 5) is 29.4. The van der Waals surface area contributed by atoms with E-state index in [4.69, 9.17) is 27.9 Å². The highest BCUT2D eigenvalue weighted by atomic mass is 35.5. The average molecular weight is 582 g/mol. The number of nitrogens with zero attached hydrogens (tertiary/aromatic N) is 1. The lowest BCUT2D eigenvalue weighted by molar-refractivity contribution is -0.141. The first-order valence-electron chi connectivity index (χ1n) is 14.2. The number of hydrogen-bond donors (Lipinski definition) is 1. The van der Waals surface area contributed by atoms with E-state index in [1.54, 1.807) is 23.1 Å². The van der Waals surface area contributed by atoms with Crippen molar-refractivity contribution in [1.82, 2.24) is 10.2 Å². The molecular formula is C33H38Cl2N2O3. The van der Waals surface area contributed by atoms with Gasteiger partial charge in [-0.3, -0.25) is 9.59 Å². The Bertz CT molecular complexity index is 1220. The van der Waals surface area contributed by atoms with Crippen LogP contribution in [0, 0.1) is 6.92 Å². The van der Waals surface area contributed by atoms with E-state index in [9.17, 15) is 9.59 Å². The Kier molecular flexibility index (Phi) is 11.3. The summed E-state index contributed by atoms with van der Waals surface area (Å²) in [5.41, 5.74) is 2.78. The molecule has 0 saturated heterocycles. The number of carbonyl (C=O) groups is 2. The van der Waals surface area contributed by atoms with Crippen molar-refractivity contribution in [3.8, 4) is 5.75 Å². The summed E-state index contributed by atoms with van der Waals surface area (Å²) < 4.78 is 5.86. The number of nitrogens with one attached hydrogen (secondary N) is 1. The SMILES string of the molecule is Cc1ccc(OCCCC(=O)N(Cc2c(Cl)cccc2Cl)C(Cc2ccccc2)C(=O)NC2CCCCC2)cc1. The molecule has 1 aliphatic carbocycles. The van der Waals surface area contributed by atoms with E-state index in [1.807, 2.05) is 61.5 Å². The van der Waals surface area contributed by atoms with Crippen LogP contribution in [-0.2, 0) is 22.6 Å². The van der Waals surface area contributed by atoms with Crippen LogP contribution < -0.4 is 10.1 Å². The van der Waals surface area contributed by atoms with Gasteiger partial charge in [0.25, 0.3) is 0 Å². The number of aryl methyl sites for hydroxylation is 1. The molecule has 3 aromatic rings. The van der Waals surface area contributed by atoms with Gasteiger partial charge >= 0.3 is 0 Å². The van der Waals surface area contributed by atoms with Crippen LogP contribution in [-0.4, -0.2) is 35.4 Å². The maximum absolute atomic E-state index is 13.9. The first-order valence-corrected chi connectivity index (χ1v) is 14.9. The van der Waals surface area contributed by atoms with Crippen LogP contribution in [0.4, 0.5) is 0 Å². The maximum atomic E-state index is 13.9. The van der Waals surface area contributed by atoms with Crippen molar-refractivity contribution in [2.75, 3.05) is 6.61 Å². The fourth-order valence-corrected chi connectivity index (χ4v) is 5.66. The van der Waals surface area contributed by atoms with E-state index in [2.05, 4.69) is 5.32 Å². The zero-order chi connectivity index (χ0) is 28.3.